The molecule has 3 heterocycles. The molecule has 9 aromatic rings. The quantitative estimate of drug-likeness (QED) is 0.184. The van der Waals surface area contributed by atoms with Crippen molar-refractivity contribution < 1.29 is 4.42 Å². The van der Waals surface area contributed by atoms with Gasteiger partial charge in [0.05, 0.1) is 5.52 Å². The highest BCUT2D eigenvalue weighted by Crippen LogP contribution is 2.38. The van der Waals surface area contributed by atoms with Crippen LogP contribution in [-0.4, -0.2) is 14.6 Å². The van der Waals surface area contributed by atoms with E-state index in [-0.39, 0.29) is 5.41 Å². The molecule has 4 heteroatoms. The number of furan rings is 1. The smallest absolute Gasteiger partial charge is 0.169 e. The van der Waals surface area contributed by atoms with Crippen LogP contribution in [0.1, 0.15) is 40.2 Å². The van der Waals surface area contributed by atoms with Crippen molar-refractivity contribution in [3.05, 3.63) is 139 Å². The third-order valence-electron chi connectivity index (χ3n) is 9.30. The van der Waals surface area contributed by atoms with E-state index >= 15 is 0 Å². The number of aromatic nitrogens is 3. The van der Waals surface area contributed by atoms with E-state index in [1.54, 1.807) is 0 Å². The lowest BCUT2D eigenvalue weighted by atomic mass is 9.86. The van der Waals surface area contributed by atoms with Gasteiger partial charge in [0.1, 0.15) is 11.2 Å². The van der Waals surface area contributed by atoms with Gasteiger partial charge in [-0.25, -0.2) is 0 Å². The van der Waals surface area contributed by atoms with Crippen LogP contribution in [0, 0.1) is 0 Å². The lowest BCUT2D eigenvalue weighted by Crippen LogP contribution is -2.10. The van der Waals surface area contributed by atoms with Gasteiger partial charge in [0, 0.05) is 32.7 Å². The Morgan fingerprint density at radius 1 is 0.521 bits per heavy atom. The fourth-order valence-corrected chi connectivity index (χ4v) is 6.85. The molecule has 0 amide bonds. The highest BCUT2D eigenvalue weighted by molar-refractivity contribution is 6.13. The monoisotopic (exact) mass is 623 g/mol. The van der Waals surface area contributed by atoms with Crippen molar-refractivity contribution >= 4 is 49.3 Å². The SMILES string of the molecule is CC.CC(C)(C)c1ccc(-c2ccc3c(c2)c2ccccc2c2nnc(-c4ccc(-c5cccc6c5oc5ccccc56)cc4)n32)cc1. The normalized spacial score (nSPS) is 11.9. The first kappa shape index (κ1) is 29.6. The zero-order valence-electron chi connectivity index (χ0n) is 28.0. The van der Waals surface area contributed by atoms with Crippen LogP contribution in [0.4, 0.5) is 0 Å². The summed E-state index contributed by atoms with van der Waals surface area (Å²) in [5.41, 5.74) is 10.8. The van der Waals surface area contributed by atoms with Crippen LogP contribution in [0.2, 0.25) is 0 Å². The summed E-state index contributed by atoms with van der Waals surface area (Å²) in [6.45, 7) is 10.8. The third kappa shape index (κ3) is 4.75. The largest absolute Gasteiger partial charge is 0.455 e. The molecule has 9 rings (SSSR count). The van der Waals surface area contributed by atoms with Gasteiger partial charge in [-0.1, -0.05) is 150 Å². The van der Waals surface area contributed by atoms with E-state index in [0.29, 0.717) is 0 Å². The van der Waals surface area contributed by atoms with Crippen LogP contribution < -0.4 is 0 Å². The minimum Gasteiger partial charge on any atom is -0.455 e. The molecule has 0 saturated carbocycles. The van der Waals surface area contributed by atoms with Gasteiger partial charge < -0.3 is 4.42 Å². The maximum Gasteiger partial charge on any atom is 0.169 e. The standard InChI is InChI=1S/C42H31N3O.C2H6/c1-42(2,3)30-22-19-26(20-23-30)29-21-24-37-36(25-29)32-9-4-5-11-35(32)41-44-43-40(45(37)41)28-17-15-27(16-18-28)31-12-8-13-34-33-10-6-7-14-38(33)46-39(31)34;1-2/h4-25H,1-3H3;1-2H3. The number of nitrogens with zero attached hydrogens (tertiary/aromatic N) is 3. The van der Waals surface area contributed by atoms with E-state index < -0.39 is 0 Å². The summed E-state index contributed by atoms with van der Waals surface area (Å²) in [5, 5.41) is 15.2. The first-order chi connectivity index (χ1) is 23.4. The van der Waals surface area contributed by atoms with Gasteiger partial charge in [-0.05, 0) is 51.3 Å². The molecule has 0 aliphatic rings. The summed E-state index contributed by atoms with van der Waals surface area (Å²) >= 11 is 0. The molecular weight excluding hydrogens is 587 g/mol. The predicted octanol–water partition coefficient (Wildman–Crippen LogP) is 12.3. The fraction of sp³-hybridized carbons (Fsp3) is 0.136. The zero-order chi connectivity index (χ0) is 33.0. The molecule has 0 fully saturated rings. The molecule has 0 atom stereocenters. The van der Waals surface area contributed by atoms with Crippen LogP contribution >= 0.6 is 0 Å². The topological polar surface area (TPSA) is 43.3 Å². The molecule has 6 aromatic carbocycles. The van der Waals surface area contributed by atoms with Gasteiger partial charge in [0.15, 0.2) is 11.5 Å². The Balaban J connectivity index is 0.00000165. The van der Waals surface area contributed by atoms with Crippen LogP contribution in [0.3, 0.4) is 0 Å². The van der Waals surface area contributed by atoms with Crippen molar-refractivity contribution in [1.29, 1.82) is 0 Å². The molecular formula is C44H37N3O. The molecule has 3 aromatic heterocycles. The zero-order valence-corrected chi connectivity index (χ0v) is 28.0. The van der Waals surface area contributed by atoms with Gasteiger partial charge in [0.2, 0.25) is 0 Å². The summed E-state index contributed by atoms with van der Waals surface area (Å²) in [6, 6.07) is 47.4. The summed E-state index contributed by atoms with van der Waals surface area (Å²) in [6.07, 6.45) is 0. The fourth-order valence-electron chi connectivity index (χ4n) is 6.85. The highest BCUT2D eigenvalue weighted by Gasteiger charge is 2.18. The Bertz CT molecular complexity index is 2600. The van der Waals surface area contributed by atoms with Crippen molar-refractivity contribution in [2.24, 2.45) is 0 Å². The molecule has 0 spiro atoms. The molecule has 0 aliphatic carbocycles. The van der Waals surface area contributed by atoms with Gasteiger partial charge in [-0.15, -0.1) is 10.2 Å². The third-order valence-corrected chi connectivity index (χ3v) is 9.30. The lowest BCUT2D eigenvalue weighted by Gasteiger charge is -2.19. The molecule has 4 nitrogen and oxygen atoms in total. The molecule has 0 N–H and O–H groups in total. The Morgan fingerprint density at radius 3 is 1.90 bits per heavy atom. The van der Waals surface area contributed by atoms with Gasteiger partial charge >= 0.3 is 0 Å². The Kier molecular flexibility index (Phi) is 7.10. The summed E-state index contributed by atoms with van der Waals surface area (Å²) in [7, 11) is 0. The minimum atomic E-state index is 0.119. The summed E-state index contributed by atoms with van der Waals surface area (Å²) in [5.74, 6) is 0.821. The van der Waals surface area contributed by atoms with E-state index in [4.69, 9.17) is 14.6 Å². The number of rotatable bonds is 3. The number of benzene rings is 6. The predicted molar refractivity (Wildman–Crippen MR) is 202 cm³/mol. The molecule has 0 aliphatic heterocycles. The number of hydrogen-bond donors (Lipinski definition) is 0. The second-order valence-electron chi connectivity index (χ2n) is 13.1. The molecule has 48 heavy (non-hydrogen) atoms. The summed E-state index contributed by atoms with van der Waals surface area (Å²) in [4.78, 5) is 0. The number of pyridine rings is 1. The highest BCUT2D eigenvalue weighted by atomic mass is 16.3. The van der Waals surface area contributed by atoms with Crippen LogP contribution in [-0.2, 0) is 5.41 Å². The number of fused-ring (bicyclic) bond motifs is 9. The van der Waals surface area contributed by atoms with Crippen LogP contribution in [0.5, 0.6) is 0 Å². The Hall–Kier alpha value is -5.74. The second-order valence-corrected chi connectivity index (χ2v) is 13.1. The van der Waals surface area contributed by atoms with E-state index in [1.165, 1.54) is 27.5 Å². The van der Waals surface area contributed by atoms with Crippen LogP contribution in [0.25, 0.3) is 82.9 Å². The molecule has 0 bridgehead atoms. The Morgan fingerprint density at radius 2 is 1.15 bits per heavy atom. The van der Waals surface area contributed by atoms with Crippen molar-refractivity contribution in [3.63, 3.8) is 0 Å². The minimum absolute atomic E-state index is 0.119. The van der Waals surface area contributed by atoms with Gasteiger partial charge in [0.25, 0.3) is 0 Å². The van der Waals surface area contributed by atoms with Crippen LogP contribution in [0.15, 0.2) is 138 Å². The lowest BCUT2D eigenvalue weighted by molar-refractivity contribution is 0.590. The van der Waals surface area contributed by atoms with Crippen molar-refractivity contribution in [2.45, 2.75) is 40.0 Å². The maximum absolute atomic E-state index is 6.32. The molecule has 0 unspecified atom stereocenters. The Labute approximate surface area is 280 Å². The first-order valence-corrected chi connectivity index (χ1v) is 16.8. The van der Waals surface area contributed by atoms with Crippen molar-refractivity contribution in [1.82, 2.24) is 14.6 Å². The maximum atomic E-state index is 6.32. The molecule has 234 valence electrons. The van der Waals surface area contributed by atoms with E-state index in [0.717, 1.165) is 61.0 Å². The summed E-state index contributed by atoms with van der Waals surface area (Å²) < 4.78 is 8.53. The molecule has 0 saturated heterocycles. The van der Waals surface area contributed by atoms with Gasteiger partial charge in [-0.2, -0.15) is 0 Å². The van der Waals surface area contributed by atoms with Crippen molar-refractivity contribution in [3.8, 4) is 33.6 Å². The van der Waals surface area contributed by atoms with E-state index in [1.807, 2.05) is 26.0 Å². The molecule has 0 radical (unpaired) electrons. The van der Waals surface area contributed by atoms with Crippen molar-refractivity contribution in [2.75, 3.05) is 0 Å². The van der Waals surface area contributed by atoms with E-state index in [2.05, 4.69) is 146 Å². The first-order valence-electron chi connectivity index (χ1n) is 16.8. The number of para-hydroxylation sites is 2. The second kappa shape index (κ2) is 11.5. The average molecular weight is 624 g/mol. The average Bonchev–Trinajstić information content (AvgIpc) is 3.75. The van der Waals surface area contributed by atoms with Gasteiger partial charge in [-0.3, -0.25) is 4.40 Å². The van der Waals surface area contributed by atoms with E-state index in [9.17, 15) is 0 Å². The number of hydrogen-bond acceptors (Lipinski definition) is 3.